The van der Waals surface area contributed by atoms with E-state index in [4.69, 9.17) is 11.6 Å². The topological polar surface area (TPSA) is 16.1 Å². The molecule has 1 unspecified atom stereocenters. The van der Waals surface area contributed by atoms with E-state index in [1.165, 1.54) is 12.1 Å². The van der Waals surface area contributed by atoms with Crippen LogP contribution in [0.25, 0.3) is 0 Å². The maximum absolute atomic E-state index is 5.88. The van der Waals surface area contributed by atoms with Gasteiger partial charge in [-0.05, 0) is 12.0 Å². The number of nitrogens with zero attached hydrogens (tertiary/aromatic N) is 2. The Morgan fingerprint density at radius 1 is 1.53 bits per heavy atom. The van der Waals surface area contributed by atoms with Gasteiger partial charge in [0.15, 0.2) is 0 Å². The summed E-state index contributed by atoms with van der Waals surface area (Å²) in [7, 11) is 2.11. The molecule has 1 atom stereocenters. The van der Waals surface area contributed by atoms with Crippen molar-refractivity contribution in [2.75, 3.05) is 18.5 Å². The van der Waals surface area contributed by atoms with Gasteiger partial charge in [-0.3, -0.25) is 4.98 Å². The molecule has 84 valence electrons. The van der Waals surface area contributed by atoms with Crippen molar-refractivity contribution in [2.45, 2.75) is 26.1 Å². The highest BCUT2D eigenvalue weighted by Gasteiger charge is 2.09. The second kappa shape index (κ2) is 5.96. The molecule has 0 spiro atoms. The fourth-order valence-corrected chi connectivity index (χ4v) is 1.80. The second-order valence-corrected chi connectivity index (χ2v) is 4.30. The molecule has 1 rings (SSSR count). The van der Waals surface area contributed by atoms with Gasteiger partial charge in [0, 0.05) is 37.2 Å². The first-order valence-corrected chi connectivity index (χ1v) is 5.92. The third-order valence-corrected chi connectivity index (χ3v) is 3.00. The first-order chi connectivity index (χ1) is 7.19. The maximum Gasteiger partial charge on any atom is 0.0509 e. The molecule has 0 radical (unpaired) electrons. The van der Waals surface area contributed by atoms with Crippen molar-refractivity contribution in [2.24, 2.45) is 5.92 Å². The summed E-state index contributed by atoms with van der Waals surface area (Å²) in [6, 6.07) is 2.03. The Balaban J connectivity index is 2.76. The fraction of sp³-hybridized carbons (Fsp3) is 0.583. The molecule has 0 amide bonds. The summed E-state index contributed by atoms with van der Waals surface area (Å²) in [5.74, 6) is 1.22. The van der Waals surface area contributed by atoms with Crippen LogP contribution in [0.1, 0.15) is 25.8 Å². The number of pyridine rings is 1. The van der Waals surface area contributed by atoms with E-state index in [-0.39, 0.29) is 0 Å². The predicted octanol–water partition coefficient (Wildman–Crippen LogP) is 3.30. The van der Waals surface area contributed by atoms with E-state index >= 15 is 0 Å². The molecule has 0 fully saturated rings. The van der Waals surface area contributed by atoms with Crippen LogP contribution in [-0.4, -0.2) is 18.6 Å². The number of alkyl halides is 1. The van der Waals surface area contributed by atoms with Crippen LogP contribution in [0.4, 0.5) is 5.69 Å². The van der Waals surface area contributed by atoms with E-state index in [0.717, 1.165) is 12.1 Å². The van der Waals surface area contributed by atoms with Crippen molar-refractivity contribution in [1.29, 1.82) is 0 Å². The molecule has 0 aliphatic carbocycles. The molecule has 3 heteroatoms. The Morgan fingerprint density at radius 2 is 2.27 bits per heavy atom. The van der Waals surface area contributed by atoms with E-state index in [1.54, 1.807) is 0 Å². The monoisotopic (exact) mass is 226 g/mol. The minimum absolute atomic E-state index is 0.522. The molecule has 15 heavy (non-hydrogen) atoms. The van der Waals surface area contributed by atoms with Crippen LogP contribution in [0, 0.1) is 5.92 Å². The van der Waals surface area contributed by atoms with Crippen molar-refractivity contribution in [3.63, 3.8) is 0 Å². The molecule has 1 heterocycles. The Labute approximate surface area is 97.3 Å². The van der Waals surface area contributed by atoms with Gasteiger partial charge in [-0.1, -0.05) is 20.3 Å². The summed E-state index contributed by atoms with van der Waals surface area (Å²) in [5.41, 5.74) is 2.30. The third-order valence-electron chi connectivity index (χ3n) is 2.72. The quantitative estimate of drug-likeness (QED) is 0.717. The van der Waals surface area contributed by atoms with Gasteiger partial charge in [-0.15, -0.1) is 11.6 Å². The maximum atomic E-state index is 5.88. The Bertz CT molecular complexity index is 301. The number of aromatic nitrogens is 1. The lowest BCUT2D eigenvalue weighted by atomic mass is 10.1. The zero-order chi connectivity index (χ0) is 11.3. The van der Waals surface area contributed by atoms with Crippen LogP contribution in [0.5, 0.6) is 0 Å². The second-order valence-electron chi connectivity index (χ2n) is 4.03. The lowest BCUT2D eigenvalue weighted by Gasteiger charge is -2.24. The highest BCUT2D eigenvalue weighted by molar-refractivity contribution is 6.17. The molecule has 2 nitrogen and oxygen atoms in total. The van der Waals surface area contributed by atoms with E-state index in [1.807, 2.05) is 18.5 Å². The molecule has 0 aliphatic rings. The minimum Gasteiger partial charge on any atom is -0.374 e. The zero-order valence-corrected chi connectivity index (χ0v) is 10.5. The van der Waals surface area contributed by atoms with Gasteiger partial charge in [-0.2, -0.15) is 0 Å². The van der Waals surface area contributed by atoms with Crippen LogP contribution in [0.15, 0.2) is 18.5 Å². The Kier molecular flexibility index (Phi) is 4.89. The summed E-state index contributed by atoms with van der Waals surface area (Å²) >= 11 is 5.88. The fourth-order valence-electron chi connectivity index (χ4n) is 1.59. The molecule has 0 aliphatic heterocycles. The van der Waals surface area contributed by atoms with Crippen LogP contribution in [-0.2, 0) is 5.88 Å². The van der Waals surface area contributed by atoms with Crippen molar-refractivity contribution >= 4 is 17.3 Å². The molecule has 0 bridgehead atoms. The van der Waals surface area contributed by atoms with Gasteiger partial charge >= 0.3 is 0 Å². The standard InChI is InChI=1S/C12H19ClN2/c1-4-10(2)9-15(3)12-5-6-14-8-11(12)7-13/h5-6,8,10H,4,7,9H2,1-3H3. The number of hydrogen-bond donors (Lipinski definition) is 0. The number of halogens is 1. The van der Waals surface area contributed by atoms with Crippen molar-refractivity contribution in [3.05, 3.63) is 24.0 Å². The molecule has 1 aromatic rings. The van der Waals surface area contributed by atoms with Gasteiger partial charge < -0.3 is 4.90 Å². The summed E-state index contributed by atoms with van der Waals surface area (Å²) in [5, 5.41) is 0. The van der Waals surface area contributed by atoms with Crippen LogP contribution in [0.2, 0.25) is 0 Å². The lowest BCUT2D eigenvalue weighted by Crippen LogP contribution is -2.24. The average molecular weight is 227 g/mol. The molecule has 1 aromatic heterocycles. The normalized spacial score (nSPS) is 12.5. The van der Waals surface area contributed by atoms with E-state index in [0.29, 0.717) is 11.8 Å². The van der Waals surface area contributed by atoms with Crippen molar-refractivity contribution in [1.82, 2.24) is 4.98 Å². The zero-order valence-electron chi connectivity index (χ0n) is 9.70. The van der Waals surface area contributed by atoms with Crippen molar-refractivity contribution in [3.8, 4) is 0 Å². The molecular formula is C12H19ClN2. The summed E-state index contributed by atoms with van der Waals surface area (Å²) in [6.45, 7) is 5.54. The van der Waals surface area contributed by atoms with Crippen molar-refractivity contribution < 1.29 is 0 Å². The lowest BCUT2D eigenvalue weighted by molar-refractivity contribution is 0.559. The first-order valence-electron chi connectivity index (χ1n) is 5.39. The van der Waals surface area contributed by atoms with E-state index in [2.05, 4.69) is 30.8 Å². The van der Waals surface area contributed by atoms with Gasteiger partial charge in [0.2, 0.25) is 0 Å². The minimum atomic E-state index is 0.522. The summed E-state index contributed by atoms with van der Waals surface area (Å²) in [4.78, 5) is 6.34. The van der Waals surface area contributed by atoms with Gasteiger partial charge in [0.25, 0.3) is 0 Å². The number of rotatable bonds is 5. The van der Waals surface area contributed by atoms with Gasteiger partial charge in [0.1, 0.15) is 0 Å². The molecule has 0 saturated carbocycles. The summed E-state index contributed by atoms with van der Waals surface area (Å²) in [6.07, 6.45) is 4.86. The van der Waals surface area contributed by atoms with Crippen LogP contribution in [0.3, 0.4) is 0 Å². The van der Waals surface area contributed by atoms with Crippen LogP contribution < -0.4 is 4.90 Å². The Hall–Kier alpha value is -0.760. The molecule has 0 N–H and O–H groups in total. The SMILES string of the molecule is CCC(C)CN(C)c1ccncc1CCl. The largest absolute Gasteiger partial charge is 0.374 e. The van der Waals surface area contributed by atoms with Gasteiger partial charge in [0.05, 0.1) is 5.88 Å². The molecule has 0 saturated heterocycles. The highest BCUT2D eigenvalue weighted by Crippen LogP contribution is 2.21. The Morgan fingerprint density at radius 3 is 2.87 bits per heavy atom. The smallest absolute Gasteiger partial charge is 0.0509 e. The van der Waals surface area contributed by atoms with E-state index in [9.17, 15) is 0 Å². The molecular weight excluding hydrogens is 208 g/mol. The number of hydrogen-bond acceptors (Lipinski definition) is 2. The van der Waals surface area contributed by atoms with Crippen LogP contribution >= 0.6 is 11.6 Å². The summed E-state index contributed by atoms with van der Waals surface area (Å²) < 4.78 is 0. The number of anilines is 1. The first kappa shape index (κ1) is 12.3. The van der Waals surface area contributed by atoms with E-state index < -0.39 is 0 Å². The molecule has 0 aromatic carbocycles. The predicted molar refractivity (Wildman–Crippen MR) is 66.5 cm³/mol. The van der Waals surface area contributed by atoms with Gasteiger partial charge in [-0.25, -0.2) is 0 Å². The average Bonchev–Trinajstić information content (AvgIpc) is 2.28. The third kappa shape index (κ3) is 3.38. The highest BCUT2D eigenvalue weighted by atomic mass is 35.5.